The highest BCUT2D eigenvalue weighted by atomic mass is 35.5. The molecule has 0 fully saturated rings. The van der Waals surface area contributed by atoms with Crippen molar-refractivity contribution in [2.24, 2.45) is 5.92 Å². The third-order valence-corrected chi connectivity index (χ3v) is 3.14. The van der Waals surface area contributed by atoms with E-state index in [0.717, 1.165) is 0 Å². The van der Waals surface area contributed by atoms with Gasteiger partial charge in [0.05, 0.1) is 18.7 Å². The van der Waals surface area contributed by atoms with Crippen LogP contribution < -0.4 is 9.47 Å². The molecular weight excluding hydrogens is 278 g/mol. The van der Waals surface area contributed by atoms with Crippen molar-refractivity contribution >= 4 is 17.5 Å². The maximum absolute atomic E-state index is 12.1. The summed E-state index contributed by atoms with van der Waals surface area (Å²) in [6.07, 6.45) is 0. The van der Waals surface area contributed by atoms with Gasteiger partial charge in [0.25, 0.3) is 5.91 Å². The number of hydrogen-bond acceptors (Lipinski definition) is 3. The summed E-state index contributed by atoms with van der Waals surface area (Å²) in [5, 5.41) is 0.387. The first kappa shape index (κ1) is 16.6. The molecule has 20 heavy (non-hydrogen) atoms. The minimum absolute atomic E-state index is 0.0943. The smallest absolute Gasteiger partial charge is 0.253 e. The van der Waals surface area contributed by atoms with Gasteiger partial charge in [-0.3, -0.25) is 4.79 Å². The molecule has 0 saturated carbocycles. The van der Waals surface area contributed by atoms with Gasteiger partial charge in [-0.2, -0.15) is 0 Å². The predicted molar refractivity (Wildman–Crippen MR) is 81.0 cm³/mol. The van der Waals surface area contributed by atoms with Crippen molar-refractivity contribution in [1.29, 1.82) is 0 Å². The third kappa shape index (κ3) is 4.04. The monoisotopic (exact) mass is 299 g/mol. The van der Waals surface area contributed by atoms with Crippen molar-refractivity contribution in [3.05, 3.63) is 22.7 Å². The first-order chi connectivity index (χ1) is 9.40. The molecule has 1 aromatic carbocycles. The number of amides is 1. The van der Waals surface area contributed by atoms with E-state index >= 15 is 0 Å². The van der Waals surface area contributed by atoms with E-state index in [-0.39, 0.29) is 5.91 Å². The van der Waals surface area contributed by atoms with E-state index in [9.17, 15) is 4.79 Å². The topological polar surface area (TPSA) is 38.8 Å². The van der Waals surface area contributed by atoms with E-state index in [4.69, 9.17) is 21.1 Å². The third-order valence-electron chi connectivity index (χ3n) is 2.86. The van der Waals surface area contributed by atoms with Gasteiger partial charge in [0, 0.05) is 19.2 Å². The Morgan fingerprint density at radius 1 is 1.40 bits per heavy atom. The SMILES string of the molecule is CCN(C)C(=O)c1cc(Cl)c(OCC(C)C)c(OC)c1. The van der Waals surface area contributed by atoms with Gasteiger partial charge in [-0.15, -0.1) is 0 Å². The Labute approximate surface area is 125 Å². The van der Waals surface area contributed by atoms with Crippen molar-refractivity contribution in [3.63, 3.8) is 0 Å². The normalized spacial score (nSPS) is 10.6. The lowest BCUT2D eigenvalue weighted by atomic mass is 10.1. The molecule has 0 aliphatic rings. The molecule has 0 unspecified atom stereocenters. The van der Waals surface area contributed by atoms with Crippen molar-refractivity contribution in [2.45, 2.75) is 20.8 Å². The highest BCUT2D eigenvalue weighted by Crippen LogP contribution is 2.37. The second-order valence-corrected chi connectivity index (χ2v) is 5.42. The first-order valence-corrected chi connectivity index (χ1v) is 7.04. The lowest BCUT2D eigenvalue weighted by Crippen LogP contribution is -2.26. The second-order valence-electron chi connectivity index (χ2n) is 5.01. The second kappa shape index (κ2) is 7.39. The number of ether oxygens (including phenoxy) is 2. The Hall–Kier alpha value is -1.42. The number of halogens is 1. The Balaban J connectivity index is 3.09. The minimum Gasteiger partial charge on any atom is -0.493 e. The van der Waals surface area contributed by atoms with E-state index < -0.39 is 0 Å². The van der Waals surface area contributed by atoms with Gasteiger partial charge < -0.3 is 14.4 Å². The van der Waals surface area contributed by atoms with Gasteiger partial charge >= 0.3 is 0 Å². The van der Waals surface area contributed by atoms with Crippen LogP contribution in [0.25, 0.3) is 0 Å². The van der Waals surface area contributed by atoms with Gasteiger partial charge in [-0.25, -0.2) is 0 Å². The molecule has 1 aromatic rings. The van der Waals surface area contributed by atoms with E-state index in [1.807, 2.05) is 6.92 Å². The number of benzene rings is 1. The molecule has 0 aliphatic carbocycles. The molecule has 0 saturated heterocycles. The average molecular weight is 300 g/mol. The van der Waals surface area contributed by atoms with E-state index in [0.29, 0.717) is 41.2 Å². The molecule has 0 N–H and O–H groups in total. The number of methoxy groups -OCH3 is 1. The fourth-order valence-electron chi connectivity index (χ4n) is 1.60. The zero-order valence-electron chi connectivity index (χ0n) is 12.7. The highest BCUT2D eigenvalue weighted by Gasteiger charge is 2.18. The van der Waals surface area contributed by atoms with Gasteiger partial charge in [0.1, 0.15) is 0 Å². The lowest BCUT2D eigenvalue weighted by Gasteiger charge is -2.18. The standard InChI is InChI=1S/C15H22ClNO3/c1-6-17(4)15(18)11-7-12(16)14(13(8-11)19-5)20-9-10(2)3/h7-8,10H,6,9H2,1-5H3. The molecule has 1 amide bonds. The minimum atomic E-state index is -0.0943. The van der Waals surface area contributed by atoms with Crippen LogP contribution in [-0.2, 0) is 0 Å². The molecule has 0 bridgehead atoms. The molecule has 4 nitrogen and oxygen atoms in total. The maximum Gasteiger partial charge on any atom is 0.253 e. The molecule has 0 aliphatic heterocycles. The molecular formula is C15H22ClNO3. The van der Waals surface area contributed by atoms with Crippen LogP contribution in [0.1, 0.15) is 31.1 Å². The molecule has 0 spiro atoms. The highest BCUT2D eigenvalue weighted by molar-refractivity contribution is 6.32. The molecule has 0 aromatic heterocycles. The molecule has 0 heterocycles. The molecule has 0 radical (unpaired) electrons. The number of hydrogen-bond donors (Lipinski definition) is 0. The van der Waals surface area contributed by atoms with Crippen molar-refractivity contribution < 1.29 is 14.3 Å². The number of rotatable bonds is 6. The average Bonchev–Trinajstić information content (AvgIpc) is 2.43. The van der Waals surface area contributed by atoms with Gasteiger partial charge in [-0.1, -0.05) is 25.4 Å². The maximum atomic E-state index is 12.1. The van der Waals surface area contributed by atoms with Crippen LogP contribution in [0, 0.1) is 5.92 Å². The lowest BCUT2D eigenvalue weighted by molar-refractivity contribution is 0.0802. The van der Waals surface area contributed by atoms with Crippen LogP contribution in [0.2, 0.25) is 5.02 Å². The summed E-state index contributed by atoms with van der Waals surface area (Å²) in [5.41, 5.74) is 0.494. The van der Waals surface area contributed by atoms with Crippen LogP contribution >= 0.6 is 11.6 Å². The summed E-state index contributed by atoms with van der Waals surface area (Å²) in [5.74, 6) is 1.25. The zero-order valence-corrected chi connectivity index (χ0v) is 13.5. The van der Waals surface area contributed by atoms with Crippen molar-refractivity contribution in [1.82, 2.24) is 4.90 Å². The van der Waals surface area contributed by atoms with Gasteiger partial charge in [0.15, 0.2) is 11.5 Å². The fraction of sp³-hybridized carbons (Fsp3) is 0.533. The van der Waals surface area contributed by atoms with Crippen LogP contribution in [0.5, 0.6) is 11.5 Å². The summed E-state index contributed by atoms with van der Waals surface area (Å²) in [6.45, 7) is 7.18. The summed E-state index contributed by atoms with van der Waals surface area (Å²) >= 11 is 6.21. The largest absolute Gasteiger partial charge is 0.493 e. The van der Waals surface area contributed by atoms with E-state index in [1.165, 1.54) is 7.11 Å². The van der Waals surface area contributed by atoms with Crippen molar-refractivity contribution in [2.75, 3.05) is 27.3 Å². The Morgan fingerprint density at radius 3 is 2.55 bits per heavy atom. The summed E-state index contributed by atoms with van der Waals surface area (Å²) < 4.78 is 10.9. The van der Waals surface area contributed by atoms with Gasteiger partial charge in [0.2, 0.25) is 0 Å². The number of carbonyl (C=O) groups is 1. The fourth-order valence-corrected chi connectivity index (χ4v) is 1.86. The summed E-state index contributed by atoms with van der Waals surface area (Å²) in [4.78, 5) is 13.8. The number of carbonyl (C=O) groups excluding carboxylic acids is 1. The number of nitrogens with zero attached hydrogens (tertiary/aromatic N) is 1. The first-order valence-electron chi connectivity index (χ1n) is 6.66. The van der Waals surface area contributed by atoms with E-state index in [1.54, 1.807) is 24.1 Å². The zero-order chi connectivity index (χ0) is 15.3. The predicted octanol–water partition coefficient (Wildman–Crippen LogP) is 3.48. The quantitative estimate of drug-likeness (QED) is 0.807. The van der Waals surface area contributed by atoms with Gasteiger partial charge in [-0.05, 0) is 25.0 Å². The van der Waals surface area contributed by atoms with Crippen LogP contribution in [0.4, 0.5) is 0 Å². The summed E-state index contributed by atoms with van der Waals surface area (Å²) in [6, 6.07) is 3.28. The Bertz CT molecular complexity index is 474. The molecule has 0 atom stereocenters. The van der Waals surface area contributed by atoms with Crippen LogP contribution in [0.15, 0.2) is 12.1 Å². The van der Waals surface area contributed by atoms with E-state index in [2.05, 4.69) is 13.8 Å². The molecule has 112 valence electrons. The van der Waals surface area contributed by atoms with Crippen LogP contribution in [0.3, 0.4) is 0 Å². The van der Waals surface area contributed by atoms with Crippen molar-refractivity contribution in [3.8, 4) is 11.5 Å². The molecule has 1 rings (SSSR count). The van der Waals surface area contributed by atoms with Crippen LogP contribution in [-0.4, -0.2) is 38.1 Å². The Kier molecular flexibility index (Phi) is 6.14. The molecule has 5 heteroatoms. The summed E-state index contributed by atoms with van der Waals surface area (Å²) in [7, 11) is 3.28. The Morgan fingerprint density at radius 2 is 2.05 bits per heavy atom.